The molecular formula is C14H14N2O5S. The Morgan fingerprint density at radius 3 is 2.27 bits per heavy atom. The highest BCUT2D eigenvalue weighted by Crippen LogP contribution is 2.22. The third kappa shape index (κ3) is 3.53. The highest BCUT2D eigenvalue weighted by atomic mass is 32.2. The molecule has 8 heteroatoms. The van der Waals surface area contributed by atoms with E-state index in [4.69, 9.17) is 9.47 Å². The number of carbonyl (C=O) groups excluding carboxylic acids is 1. The van der Waals surface area contributed by atoms with Gasteiger partial charge in [-0.2, -0.15) is 0 Å². The fraction of sp³-hybridized carbons (Fsp3) is 0.143. The van der Waals surface area contributed by atoms with Crippen molar-refractivity contribution >= 4 is 15.9 Å². The number of hydrogen-bond donors (Lipinski definition) is 1. The van der Waals surface area contributed by atoms with E-state index >= 15 is 0 Å². The second-order valence-electron chi connectivity index (χ2n) is 4.22. The molecule has 1 N–H and O–H groups in total. The summed E-state index contributed by atoms with van der Waals surface area (Å²) >= 11 is 0. The van der Waals surface area contributed by atoms with E-state index in [2.05, 4.69) is 4.98 Å². The maximum absolute atomic E-state index is 12.1. The molecule has 1 aromatic heterocycles. The monoisotopic (exact) mass is 322 g/mol. The summed E-state index contributed by atoms with van der Waals surface area (Å²) in [5.74, 6) is -0.0346. The molecule has 0 bridgehead atoms. The minimum Gasteiger partial charge on any atom is -0.497 e. The van der Waals surface area contributed by atoms with Crippen molar-refractivity contribution in [3.8, 4) is 11.5 Å². The smallest absolute Gasteiger partial charge is 0.265 e. The van der Waals surface area contributed by atoms with Gasteiger partial charge in [-0.1, -0.05) is 0 Å². The van der Waals surface area contributed by atoms with E-state index in [9.17, 15) is 13.2 Å². The van der Waals surface area contributed by atoms with E-state index in [-0.39, 0.29) is 10.5 Å². The molecule has 0 saturated heterocycles. The molecule has 22 heavy (non-hydrogen) atoms. The van der Waals surface area contributed by atoms with Crippen molar-refractivity contribution in [3.05, 3.63) is 48.3 Å². The van der Waals surface area contributed by atoms with Crippen LogP contribution in [-0.2, 0) is 10.0 Å². The molecule has 0 aliphatic rings. The lowest BCUT2D eigenvalue weighted by Crippen LogP contribution is -2.30. The van der Waals surface area contributed by atoms with Gasteiger partial charge in [-0.15, -0.1) is 0 Å². The van der Waals surface area contributed by atoms with Crippen molar-refractivity contribution in [1.82, 2.24) is 9.71 Å². The Kier molecular flexibility index (Phi) is 4.62. The summed E-state index contributed by atoms with van der Waals surface area (Å²) in [4.78, 5) is 15.8. The number of benzene rings is 1. The molecule has 116 valence electrons. The summed E-state index contributed by atoms with van der Waals surface area (Å²) in [5, 5.41) is 0. The van der Waals surface area contributed by atoms with E-state index in [1.54, 1.807) is 6.07 Å². The first-order valence-electron chi connectivity index (χ1n) is 6.16. The molecule has 0 atom stereocenters. The normalized spacial score (nSPS) is 10.8. The van der Waals surface area contributed by atoms with E-state index in [0.717, 1.165) is 6.20 Å². The van der Waals surface area contributed by atoms with Gasteiger partial charge in [0.25, 0.3) is 15.9 Å². The van der Waals surface area contributed by atoms with Crippen molar-refractivity contribution in [2.24, 2.45) is 0 Å². The first-order chi connectivity index (χ1) is 10.5. The predicted octanol–water partition coefficient (Wildman–Crippen LogP) is 1.22. The Morgan fingerprint density at radius 2 is 1.77 bits per heavy atom. The largest absolute Gasteiger partial charge is 0.497 e. The Labute approximate surface area is 128 Å². The summed E-state index contributed by atoms with van der Waals surface area (Å²) in [5.41, 5.74) is 0.101. The Bertz CT molecular complexity index is 753. The van der Waals surface area contributed by atoms with Crippen LogP contribution in [0.1, 0.15) is 10.4 Å². The fourth-order valence-electron chi connectivity index (χ4n) is 1.68. The number of methoxy groups -OCH3 is 2. The molecule has 7 nitrogen and oxygen atoms in total. The molecule has 1 aromatic carbocycles. The van der Waals surface area contributed by atoms with E-state index in [1.165, 1.54) is 44.7 Å². The predicted molar refractivity (Wildman–Crippen MR) is 78.4 cm³/mol. The number of nitrogens with zero attached hydrogens (tertiary/aromatic N) is 1. The number of aromatic nitrogens is 1. The van der Waals surface area contributed by atoms with Gasteiger partial charge in [0.2, 0.25) is 0 Å². The zero-order valence-corrected chi connectivity index (χ0v) is 12.8. The lowest BCUT2D eigenvalue weighted by Gasteiger charge is -2.09. The van der Waals surface area contributed by atoms with Gasteiger partial charge in [0.1, 0.15) is 16.4 Å². The second-order valence-corrected chi connectivity index (χ2v) is 5.91. The molecule has 2 aromatic rings. The molecule has 2 rings (SSSR count). The van der Waals surface area contributed by atoms with Crippen LogP contribution < -0.4 is 14.2 Å². The summed E-state index contributed by atoms with van der Waals surface area (Å²) in [6.07, 6.45) is 2.59. The van der Waals surface area contributed by atoms with E-state index < -0.39 is 15.9 Å². The molecule has 1 heterocycles. The number of amides is 1. The third-order valence-electron chi connectivity index (χ3n) is 2.79. The molecule has 1 amide bonds. The van der Waals surface area contributed by atoms with Crippen LogP contribution in [0, 0.1) is 0 Å². The van der Waals surface area contributed by atoms with Gasteiger partial charge in [-0.25, -0.2) is 13.1 Å². The number of sulfonamides is 1. The summed E-state index contributed by atoms with van der Waals surface area (Å²) in [7, 11) is -1.12. The Balaban J connectivity index is 2.29. The summed E-state index contributed by atoms with van der Waals surface area (Å²) < 4.78 is 36.2. The maximum atomic E-state index is 12.1. The lowest BCUT2D eigenvalue weighted by atomic mass is 10.2. The average Bonchev–Trinajstić information content (AvgIpc) is 2.54. The van der Waals surface area contributed by atoms with Crippen LogP contribution in [0.3, 0.4) is 0 Å². The van der Waals surface area contributed by atoms with Gasteiger partial charge in [0, 0.05) is 24.0 Å². The molecule has 0 radical (unpaired) electrons. The van der Waals surface area contributed by atoms with Crippen LogP contribution in [0.15, 0.2) is 47.6 Å². The number of nitrogens with one attached hydrogen (secondary N) is 1. The average molecular weight is 322 g/mol. The van der Waals surface area contributed by atoms with Crippen molar-refractivity contribution in [3.63, 3.8) is 0 Å². The zero-order chi connectivity index (χ0) is 16.2. The van der Waals surface area contributed by atoms with E-state index in [1.807, 2.05) is 4.72 Å². The first-order valence-corrected chi connectivity index (χ1v) is 7.65. The number of ether oxygens (including phenoxy) is 2. The minimum atomic E-state index is -3.99. The number of pyridine rings is 1. The van der Waals surface area contributed by atoms with Gasteiger partial charge in [-0.05, 0) is 24.3 Å². The van der Waals surface area contributed by atoms with Crippen LogP contribution >= 0.6 is 0 Å². The summed E-state index contributed by atoms with van der Waals surface area (Å²) in [6.45, 7) is 0. The topological polar surface area (TPSA) is 94.6 Å². The minimum absolute atomic E-state index is 0.0989. The Morgan fingerprint density at radius 1 is 1.14 bits per heavy atom. The Hall–Kier alpha value is -2.61. The molecule has 0 unspecified atom stereocenters. The number of carbonyl (C=O) groups is 1. The molecular weight excluding hydrogens is 308 g/mol. The van der Waals surface area contributed by atoms with Crippen LogP contribution in [0.25, 0.3) is 0 Å². The molecule has 0 aliphatic carbocycles. The molecule has 0 aliphatic heterocycles. The quantitative estimate of drug-likeness (QED) is 0.889. The second kappa shape index (κ2) is 6.44. The zero-order valence-electron chi connectivity index (χ0n) is 11.9. The highest BCUT2D eigenvalue weighted by Gasteiger charge is 2.19. The summed E-state index contributed by atoms with van der Waals surface area (Å²) in [6, 6.07) is 7.21. The van der Waals surface area contributed by atoms with Crippen LogP contribution in [0.4, 0.5) is 0 Å². The van der Waals surface area contributed by atoms with Gasteiger partial charge in [0.15, 0.2) is 0 Å². The lowest BCUT2D eigenvalue weighted by molar-refractivity contribution is 0.0980. The van der Waals surface area contributed by atoms with E-state index in [0.29, 0.717) is 11.5 Å². The van der Waals surface area contributed by atoms with Gasteiger partial charge in [-0.3, -0.25) is 9.78 Å². The van der Waals surface area contributed by atoms with Crippen LogP contribution in [-0.4, -0.2) is 33.5 Å². The maximum Gasteiger partial charge on any atom is 0.265 e. The van der Waals surface area contributed by atoms with Gasteiger partial charge in [0.05, 0.1) is 14.2 Å². The van der Waals surface area contributed by atoms with Crippen molar-refractivity contribution in [2.45, 2.75) is 4.90 Å². The molecule has 0 fully saturated rings. The number of hydrogen-bond acceptors (Lipinski definition) is 6. The standard InChI is InChI=1S/C14H14N2O5S/c1-20-11-6-10(7-12(8-11)21-2)14(17)16-22(18,19)13-4-3-5-15-9-13/h3-9H,1-2H3,(H,16,17). The first kappa shape index (κ1) is 15.8. The van der Waals surface area contributed by atoms with Crippen LogP contribution in [0.5, 0.6) is 11.5 Å². The SMILES string of the molecule is COc1cc(OC)cc(C(=O)NS(=O)(=O)c2cccnc2)c1. The third-order valence-corrected chi connectivity index (χ3v) is 4.10. The highest BCUT2D eigenvalue weighted by molar-refractivity contribution is 7.90. The van der Waals surface area contributed by atoms with Crippen molar-refractivity contribution in [1.29, 1.82) is 0 Å². The van der Waals surface area contributed by atoms with Gasteiger partial charge >= 0.3 is 0 Å². The van der Waals surface area contributed by atoms with Crippen LogP contribution in [0.2, 0.25) is 0 Å². The van der Waals surface area contributed by atoms with Crippen molar-refractivity contribution < 1.29 is 22.7 Å². The van der Waals surface area contributed by atoms with Crippen molar-refractivity contribution in [2.75, 3.05) is 14.2 Å². The fourth-order valence-corrected chi connectivity index (χ4v) is 2.62. The van der Waals surface area contributed by atoms with Gasteiger partial charge < -0.3 is 9.47 Å². The molecule has 0 saturated carbocycles. The molecule has 0 spiro atoms. The number of rotatable bonds is 5.